The molecule has 2 aliphatic rings. The second-order valence-corrected chi connectivity index (χ2v) is 6.01. The standard InChI is InChI=1S/C16H24N2O.ClH/c17-15-7-9-18(10-8-15)11-13-3-5-16(6-4-13)19-12-14-1-2-14;/h3-6,14-15H,1-2,7-12,17H2;1H. The topological polar surface area (TPSA) is 38.5 Å². The molecule has 112 valence electrons. The molecule has 0 radical (unpaired) electrons. The zero-order valence-electron chi connectivity index (χ0n) is 12.0. The van der Waals surface area contributed by atoms with Crippen LogP contribution < -0.4 is 10.5 Å². The Morgan fingerprint density at radius 3 is 2.30 bits per heavy atom. The Balaban J connectivity index is 0.00000147. The number of benzene rings is 1. The first-order chi connectivity index (χ1) is 9.29. The summed E-state index contributed by atoms with van der Waals surface area (Å²) in [6.45, 7) is 4.18. The van der Waals surface area contributed by atoms with E-state index >= 15 is 0 Å². The Bertz CT molecular complexity index is 397. The number of piperidine rings is 1. The summed E-state index contributed by atoms with van der Waals surface area (Å²) in [6, 6.07) is 9.00. The Morgan fingerprint density at radius 2 is 1.70 bits per heavy atom. The SMILES string of the molecule is Cl.NC1CCN(Cc2ccc(OCC3CC3)cc2)CC1. The molecule has 4 heteroatoms. The third-order valence-corrected chi connectivity index (χ3v) is 4.14. The first-order valence-electron chi connectivity index (χ1n) is 7.49. The van der Waals surface area contributed by atoms with Gasteiger partial charge < -0.3 is 10.5 Å². The number of likely N-dealkylation sites (tertiary alicyclic amines) is 1. The summed E-state index contributed by atoms with van der Waals surface area (Å²) < 4.78 is 5.76. The molecule has 0 atom stereocenters. The van der Waals surface area contributed by atoms with Gasteiger partial charge in [0.05, 0.1) is 6.61 Å². The predicted molar refractivity (Wildman–Crippen MR) is 84.4 cm³/mol. The molecule has 20 heavy (non-hydrogen) atoms. The summed E-state index contributed by atoms with van der Waals surface area (Å²) in [5, 5.41) is 0. The number of halogens is 1. The van der Waals surface area contributed by atoms with Crippen LogP contribution in [0.2, 0.25) is 0 Å². The van der Waals surface area contributed by atoms with Crippen LogP contribution in [0.4, 0.5) is 0 Å². The fourth-order valence-corrected chi connectivity index (χ4v) is 2.56. The van der Waals surface area contributed by atoms with E-state index in [0.29, 0.717) is 6.04 Å². The zero-order valence-corrected chi connectivity index (χ0v) is 12.8. The maximum atomic E-state index is 5.93. The van der Waals surface area contributed by atoms with Gasteiger partial charge >= 0.3 is 0 Å². The minimum absolute atomic E-state index is 0. The lowest BCUT2D eigenvalue weighted by Gasteiger charge is -2.30. The van der Waals surface area contributed by atoms with E-state index in [2.05, 4.69) is 29.2 Å². The normalized spacial score (nSPS) is 20.4. The number of rotatable bonds is 5. The van der Waals surface area contributed by atoms with Crippen molar-refractivity contribution in [1.29, 1.82) is 0 Å². The van der Waals surface area contributed by atoms with Crippen molar-refractivity contribution in [3.63, 3.8) is 0 Å². The van der Waals surface area contributed by atoms with Gasteiger partial charge in [-0.3, -0.25) is 4.90 Å². The quantitative estimate of drug-likeness (QED) is 0.908. The van der Waals surface area contributed by atoms with Gasteiger partial charge in [-0.05, 0) is 62.4 Å². The molecule has 0 bridgehead atoms. The van der Waals surface area contributed by atoms with Crippen LogP contribution >= 0.6 is 12.4 Å². The van der Waals surface area contributed by atoms with E-state index < -0.39 is 0 Å². The lowest BCUT2D eigenvalue weighted by molar-refractivity contribution is 0.205. The van der Waals surface area contributed by atoms with Crippen molar-refractivity contribution in [2.24, 2.45) is 11.7 Å². The molecule has 1 aromatic rings. The first-order valence-corrected chi connectivity index (χ1v) is 7.49. The molecule has 2 fully saturated rings. The molecular formula is C16H25ClN2O. The maximum Gasteiger partial charge on any atom is 0.119 e. The molecule has 0 unspecified atom stereocenters. The van der Waals surface area contributed by atoms with Crippen molar-refractivity contribution >= 4 is 12.4 Å². The summed E-state index contributed by atoms with van der Waals surface area (Å²) in [7, 11) is 0. The summed E-state index contributed by atoms with van der Waals surface area (Å²) in [5.74, 6) is 1.83. The molecule has 0 amide bonds. The Labute approximate surface area is 127 Å². The largest absolute Gasteiger partial charge is 0.493 e. The second-order valence-electron chi connectivity index (χ2n) is 6.01. The molecule has 3 nitrogen and oxygen atoms in total. The molecule has 0 aromatic heterocycles. The van der Waals surface area contributed by atoms with Crippen molar-refractivity contribution < 1.29 is 4.74 Å². The molecule has 1 aliphatic carbocycles. The number of hydrogen-bond acceptors (Lipinski definition) is 3. The number of hydrogen-bond donors (Lipinski definition) is 1. The molecule has 2 N–H and O–H groups in total. The summed E-state index contributed by atoms with van der Waals surface area (Å²) in [4.78, 5) is 2.49. The average Bonchev–Trinajstić information content (AvgIpc) is 3.25. The van der Waals surface area contributed by atoms with Gasteiger partial charge in [-0.25, -0.2) is 0 Å². The van der Waals surface area contributed by atoms with Gasteiger partial charge in [0.15, 0.2) is 0 Å². The van der Waals surface area contributed by atoms with Crippen LogP contribution in [0.3, 0.4) is 0 Å². The Morgan fingerprint density at radius 1 is 1.05 bits per heavy atom. The zero-order chi connectivity index (χ0) is 13.1. The monoisotopic (exact) mass is 296 g/mol. The van der Waals surface area contributed by atoms with Crippen molar-refractivity contribution in [3.8, 4) is 5.75 Å². The molecular weight excluding hydrogens is 272 g/mol. The smallest absolute Gasteiger partial charge is 0.119 e. The highest BCUT2D eigenvalue weighted by atomic mass is 35.5. The highest BCUT2D eigenvalue weighted by Crippen LogP contribution is 2.29. The average molecular weight is 297 g/mol. The molecule has 1 saturated heterocycles. The predicted octanol–water partition coefficient (Wildman–Crippen LogP) is 2.82. The van der Waals surface area contributed by atoms with Crippen LogP contribution in [0.1, 0.15) is 31.2 Å². The van der Waals surface area contributed by atoms with Crippen molar-refractivity contribution in [3.05, 3.63) is 29.8 Å². The fourth-order valence-electron chi connectivity index (χ4n) is 2.56. The van der Waals surface area contributed by atoms with Crippen LogP contribution in [-0.4, -0.2) is 30.6 Å². The summed E-state index contributed by atoms with van der Waals surface area (Å²) in [6.07, 6.45) is 4.94. The highest BCUT2D eigenvalue weighted by Gasteiger charge is 2.21. The Hall–Kier alpha value is -0.770. The third-order valence-electron chi connectivity index (χ3n) is 4.14. The lowest BCUT2D eigenvalue weighted by Crippen LogP contribution is -2.39. The molecule has 1 saturated carbocycles. The van der Waals surface area contributed by atoms with Gasteiger partial charge in [0.2, 0.25) is 0 Å². The van der Waals surface area contributed by atoms with Crippen LogP contribution in [0.5, 0.6) is 5.75 Å². The van der Waals surface area contributed by atoms with Crippen molar-refractivity contribution in [2.75, 3.05) is 19.7 Å². The van der Waals surface area contributed by atoms with Gasteiger partial charge in [-0.15, -0.1) is 12.4 Å². The molecule has 3 rings (SSSR count). The van der Waals surface area contributed by atoms with Gasteiger partial charge in [0, 0.05) is 12.6 Å². The van der Waals surface area contributed by atoms with Crippen molar-refractivity contribution in [2.45, 2.75) is 38.3 Å². The van der Waals surface area contributed by atoms with E-state index in [-0.39, 0.29) is 12.4 Å². The molecule has 0 spiro atoms. The Kier molecular flexibility index (Phi) is 5.70. The van der Waals surface area contributed by atoms with E-state index in [9.17, 15) is 0 Å². The van der Waals surface area contributed by atoms with Gasteiger partial charge in [-0.1, -0.05) is 12.1 Å². The van der Waals surface area contributed by atoms with E-state index in [0.717, 1.165) is 50.8 Å². The van der Waals surface area contributed by atoms with E-state index in [1.54, 1.807) is 0 Å². The molecule has 1 heterocycles. The minimum atomic E-state index is 0. The first kappa shape index (κ1) is 15.6. The molecule has 1 aliphatic heterocycles. The van der Waals surface area contributed by atoms with Crippen LogP contribution in [0.15, 0.2) is 24.3 Å². The van der Waals surface area contributed by atoms with Gasteiger partial charge in [0.25, 0.3) is 0 Å². The number of nitrogens with zero attached hydrogens (tertiary/aromatic N) is 1. The van der Waals surface area contributed by atoms with E-state index in [1.807, 2.05) is 0 Å². The third kappa shape index (κ3) is 4.65. The van der Waals surface area contributed by atoms with Crippen LogP contribution in [0.25, 0.3) is 0 Å². The van der Waals surface area contributed by atoms with E-state index in [1.165, 1.54) is 18.4 Å². The fraction of sp³-hybridized carbons (Fsp3) is 0.625. The lowest BCUT2D eigenvalue weighted by atomic mass is 10.1. The van der Waals surface area contributed by atoms with Crippen LogP contribution in [0, 0.1) is 5.92 Å². The highest BCUT2D eigenvalue weighted by molar-refractivity contribution is 5.85. The van der Waals surface area contributed by atoms with E-state index in [4.69, 9.17) is 10.5 Å². The minimum Gasteiger partial charge on any atom is -0.493 e. The molecule has 1 aromatic carbocycles. The number of nitrogens with two attached hydrogens (primary N) is 1. The second kappa shape index (κ2) is 7.30. The summed E-state index contributed by atoms with van der Waals surface area (Å²) >= 11 is 0. The summed E-state index contributed by atoms with van der Waals surface area (Å²) in [5.41, 5.74) is 7.30. The van der Waals surface area contributed by atoms with Gasteiger partial charge in [0.1, 0.15) is 5.75 Å². The number of ether oxygens (including phenoxy) is 1. The van der Waals surface area contributed by atoms with Crippen molar-refractivity contribution in [1.82, 2.24) is 4.90 Å². The maximum absolute atomic E-state index is 5.93. The van der Waals surface area contributed by atoms with Gasteiger partial charge in [-0.2, -0.15) is 0 Å². The van der Waals surface area contributed by atoms with Crippen LogP contribution in [-0.2, 0) is 6.54 Å².